The average molecular weight is 1060 g/mol. The fourth-order valence-electron chi connectivity index (χ4n) is 10.3. The molecule has 1 heterocycles. The number of rotatable bonds is 55. The number of piperazine rings is 1. The molecule has 0 amide bonds. The van der Waals surface area contributed by atoms with Gasteiger partial charge in [0.1, 0.15) is 6.61 Å². The molecular formula is C60H122N4O6S2. The average Bonchev–Trinajstić information content (AvgIpc) is 3.36. The van der Waals surface area contributed by atoms with Gasteiger partial charge < -0.3 is 25.2 Å². The minimum Gasteiger partial charge on any atom is -0.464 e. The zero-order valence-corrected chi connectivity index (χ0v) is 49.9. The van der Waals surface area contributed by atoms with E-state index in [1.807, 2.05) is 21.6 Å². The Hall–Kier alpha value is -0.150. The second-order valence-corrected chi connectivity index (χ2v) is 25.0. The number of aliphatic hydroxyl groups excluding tert-OH is 4. The van der Waals surface area contributed by atoms with Crippen molar-refractivity contribution < 1.29 is 30.0 Å². The lowest BCUT2D eigenvalue weighted by Crippen LogP contribution is -2.47. The molecule has 1 rings (SSSR count). The summed E-state index contributed by atoms with van der Waals surface area (Å²) < 4.78 is 5.72. The Morgan fingerprint density at radius 2 is 0.806 bits per heavy atom. The van der Waals surface area contributed by atoms with E-state index < -0.39 is 12.2 Å². The van der Waals surface area contributed by atoms with Crippen LogP contribution < -0.4 is 0 Å². The first-order valence-corrected chi connectivity index (χ1v) is 33.6. The van der Waals surface area contributed by atoms with Crippen LogP contribution in [0.15, 0.2) is 0 Å². The highest BCUT2D eigenvalue weighted by atomic mass is 33.1. The number of carbonyl (C=O) groups is 1. The summed E-state index contributed by atoms with van der Waals surface area (Å²) in [6.07, 6.45) is 38.8. The molecule has 0 bridgehead atoms. The van der Waals surface area contributed by atoms with E-state index in [4.69, 9.17) is 4.74 Å². The predicted octanol–water partition coefficient (Wildman–Crippen LogP) is 13.7. The lowest BCUT2D eigenvalue weighted by atomic mass is 10.0. The van der Waals surface area contributed by atoms with Gasteiger partial charge in [-0.2, -0.15) is 0 Å². The molecule has 0 aromatic rings. The predicted molar refractivity (Wildman–Crippen MR) is 315 cm³/mol. The third kappa shape index (κ3) is 43.9. The van der Waals surface area contributed by atoms with Crippen molar-refractivity contribution >= 4 is 27.6 Å². The van der Waals surface area contributed by atoms with Crippen LogP contribution >= 0.6 is 21.6 Å². The second-order valence-electron chi connectivity index (χ2n) is 22.3. The normalized spacial score (nSPS) is 15.9. The molecule has 1 saturated heterocycles. The summed E-state index contributed by atoms with van der Waals surface area (Å²) in [4.78, 5) is 22.4. The molecule has 0 aromatic carbocycles. The highest BCUT2D eigenvalue weighted by Crippen LogP contribution is 2.25. The molecule has 72 heavy (non-hydrogen) atoms. The van der Waals surface area contributed by atoms with Crippen molar-refractivity contribution in [3.05, 3.63) is 0 Å². The quantitative estimate of drug-likeness (QED) is 0.0264. The van der Waals surface area contributed by atoms with Crippen molar-refractivity contribution in [3.8, 4) is 0 Å². The lowest BCUT2D eigenvalue weighted by Gasteiger charge is -2.34. The number of esters is 1. The van der Waals surface area contributed by atoms with E-state index in [0.29, 0.717) is 58.2 Å². The van der Waals surface area contributed by atoms with Crippen LogP contribution in [0.1, 0.15) is 259 Å². The summed E-state index contributed by atoms with van der Waals surface area (Å²) >= 11 is 0. The maximum Gasteiger partial charge on any atom is 0.305 e. The number of unbranched alkanes of at least 4 members (excludes halogenated alkanes) is 24. The van der Waals surface area contributed by atoms with Crippen LogP contribution in [0.5, 0.6) is 0 Å². The lowest BCUT2D eigenvalue weighted by molar-refractivity contribution is -0.144. The van der Waals surface area contributed by atoms with Gasteiger partial charge in [0.05, 0.1) is 24.4 Å². The first-order valence-electron chi connectivity index (χ1n) is 31.1. The summed E-state index contributed by atoms with van der Waals surface area (Å²) in [5.74, 6) is 2.02. The molecule has 1 aliphatic rings. The van der Waals surface area contributed by atoms with E-state index in [9.17, 15) is 25.2 Å². The van der Waals surface area contributed by atoms with E-state index in [1.54, 1.807) is 0 Å². The first kappa shape index (κ1) is 69.9. The standard InChI is InChI=1S/C60H122N4O6S2/c1-6-10-14-18-22-24-28-30-35-56(65)51-63(52-57(66)36-31-29-25-23-19-15-11-7-2)41-34-39-60(69)70-48-46-61-42-44-62(45-43-61)47-50-72-71-49-40-55(5)64(53-58(67)37-32-26-20-16-12-8-3)54-59(68)38-33-27-21-17-13-9-4/h55-59,65-68H,6-54H2,1-5H3. The molecule has 5 atom stereocenters. The van der Waals surface area contributed by atoms with Gasteiger partial charge in [-0.3, -0.25) is 24.4 Å². The van der Waals surface area contributed by atoms with Crippen molar-refractivity contribution in [3.63, 3.8) is 0 Å². The molecule has 0 radical (unpaired) electrons. The number of ether oxygens (including phenoxy) is 1. The third-order valence-electron chi connectivity index (χ3n) is 15.2. The van der Waals surface area contributed by atoms with Crippen LogP contribution in [0, 0.1) is 0 Å². The molecule has 4 N–H and O–H groups in total. The minimum absolute atomic E-state index is 0.147. The maximum absolute atomic E-state index is 12.8. The van der Waals surface area contributed by atoms with Crippen molar-refractivity contribution in [2.24, 2.45) is 0 Å². The summed E-state index contributed by atoms with van der Waals surface area (Å²) in [7, 11) is 3.94. The number of aliphatic hydroxyl groups is 4. The van der Waals surface area contributed by atoms with Crippen molar-refractivity contribution in [2.45, 2.75) is 290 Å². The van der Waals surface area contributed by atoms with Crippen LogP contribution in [-0.2, 0) is 9.53 Å². The fraction of sp³-hybridized carbons (Fsp3) is 0.983. The molecule has 1 fully saturated rings. The molecule has 0 saturated carbocycles. The van der Waals surface area contributed by atoms with E-state index >= 15 is 0 Å². The van der Waals surface area contributed by atoms with Crippen LogP contribution in [0.3, 0.4) is 0 Å². The fourth-order valence-corrected chi connectivity index (χ4v) is 12.5. The Morgan fingerprint density at radius 3 is 1.21 bits per heavy atom. The maximum atomic E-state index is 12.8. The van der Waals surface area contributed by atoms with Crippen molar-refractivity contribution in [1.29, 1.82) is 0 Å². The monoisotopic (exact) mass is 1060 g/mol. The molecule has 12 heteroatoms. The highest BCUT2D eigenvalue weighted by Gasteiger charge is 2.22. The Balaban J connectivity index is 2.38. The van der Waals surface area contributed by atoms with Gasteiger partial charge in [-0.05, 0) is 52.0 Å². The van der Waals surface area contributed by atoms with E-state index in [2.05, 4.69) is 54.2 Å². The van der Waals surface area contributed by atoms with Crippen molar-refractivity contribution in [2.75, 3.05) is 90.1 Å². The summed E-state index contributed by atoms with van der Waals surface area (Å²) in [6, 6.07) is 0.326. The molecule has 5 unspecified atom stereocenters. The molecule has 0 aliphatic carbocycles. The zero-order chi connectivity index (χ0) is 52.5. The van der Waals surface area contributed by atoms with Gasteiger partial charge >= 0.3 is 5.97 Å². The van der Waals surface area contributed by atoms with E-state index in [1.165, 1.54) is 154 Å². The molecule has 10 nitrogen and oxygen atoms in total. The third-order valence-corrected chi connectivity index (χ3v) is 17.6. The summed E-state index contributed by atoms with van der Waals surface area (Å²) in [6.45, 7) is 20.8. The van der Waals surface area contributed by atoms with Gasteiger partial charge in [-0.1, -0.05) is 229 Å². The minimum atomic E-state index is -0.404. The number of hydrogen-bond acceptors (Lipinski definition) is 12. The van der Waals surface area contributed by atoms with E-state index in [-0.39, 0.29) is 18.2 Å². The molecule has 0 spiro atoms. The van der Waals surface area contributed by atoms with Gasteiger partial charge in [0.15, 0.2) is 0 Å². The largest absolute Gasteiger partial charge is 0.464 e. The van der Waals surface area contributed by atoms with Crippen LogP contribution in [0.4, 0.5) is 0 Å². The Kier molecular flexibility index (Phi) is 50.1. The van der Waals surface area contributed by atoms with Gasteiger partial charge in [0.25, 0.3) is 0 Å². The zero-order valence-electron chi connectivity index (χ0n) is 48.2. The molecular weight excluding hydrogens is 937 g/mol. The summed E-state index contributed by atoms with van der Waals surface area (Å²) in [5.41, 5.74) is 0. The van der Waals surface area contributed by atoms with Gasteiger partial charge in [0, 0.05) is 89.4 Å². The van der Waals surface area contributed by atoms with Crippen LogP contribution in [-0.4, -0.2) is 167 Å². The smallest absolute Gasteiger partial charge is 0.305 e. The Bertz CT molecular complexity index is 1090. The Morgan fingerprint density at radius 1 is 0.458 bits per heavy atom. The Labute approximate surface area is 454 Å². The molecule has 0 aromatic heterocycles. The number of nitrogens with zero attached hydrogens (tertiary/aromatic N) is 4. The molecule has 1 aliphatic heterocycles. The van der Waals surface area contributed by atoms with E-state index in [0.717, 1.165) is 109 Å². The highest BCUT2D eigenvalue weighted by molar-refractivity contribution is 8.76. The second kappa shape index (κ2) is 51.6. The number of hydrogen-bond donors (Lipinski definition) is 4. The first-order chi connectivity index (χ1) is 35.1. The van der Waals surface area contributed by atoms with Gasteiger partial charge in [0.2, 0.25) is 0 Å². The van der Waals surface area contributed by atoms with Crippen molar-refractivity contribution in [1.82, 2.24) is 19.6 Å². The number of carbonyl (C=O) groups excluding carboxylic acids is 1. The van der Waals surface area contributed by atoms with Gasteiger partial charge in [-0.25, -0.2) is 0 Å². The van der Waals surface area contributed by atoms with Crippen LogP contribution in [0.25, 0.3) is 0 Å². The summed E-state index contributed by atoms with van der Waals surface area (Å²) in [5, 5.41) is 44.0. The molecule has 430 valence electrons. The van der Waals surface area contributed by atoms with Gasteiger partial charge in [-0.15, -0.1) is 0 Å². The van der Waals surface area contributed by atoms with Crippen LogP contribution in [0.2, 0.25) is 0 Å². The SMILES string of the molecule is CCCCCCCCCCC(O)CN(CCCC(=O)OCCN1CCN(CCSSCCC(C)N(CC(O)CCCCCCCC)CC(O)CCCCCCCC)CC1)CC(O)CCCCCCCCCC. The topological polar surface area (TPSA) is 120 Å².